The number of halogens is 2. The smallest absolute Gasteiger partial charge is 0.131 e. The van der Waals surface area contributed by atoms with Gasteiger partial charge in [0.1, 0.15) is 11.6 Å². The predicted molar refractivity (Wildman–Crippen MR) is 108 cm³/mol. The summed E-state index contributed by atoms with van der Waals surface area (Å²) in [7, 11) is 0. The number of rotatable bonds is 4. The Morgan fingerprint density at radius 1 is 0.964 bits per heavy atom. The second-order valence-corrected chi connectivity index (χ2v) is 9.32. The molecule has 2 aromatic carbocycles. The van der Waals surface area contributed by atoms with Crippen molar-refractivity contribution in [3.63, 3.8) is 0 Å². The number of piperidine rings is 1. The van der Waals surface area contributed by atoms with Gasteiger partial charge in [-0.05, 0) is 81.7 Å². The first-order valence-electron chi connectivity index (χ1n) is 10.1. The molecule has 1 heterocycles. The van der Waals surface area contributed by atoms with Crippen LogP contribution < -0.4 is 0 Å². The van der Waals surface area contributed by atoms with Crippen molar-refractivity contribution in [3.05, 3.63) is 59.2 Å². The van der Waals surface area contributed by atoms with Crippen LogP contribution >= 0.6 is 0 Å². The summed E-state index contributed by atoms with van der Waals surface area (Å²) in [5, 5.41) is 13.7. The molecule has 151 valence electrons. The highest BCUT2D eigenvalue weighted by Gasteiger charge is 2.46. The van der Waals surface area contributed by atoms with Crippen molar-refractivity contribution in [3.8, 4) is 11.1 Å². The van der Waals surface area contributed by atoms with Gasteiger partial charge < -0.3 is 0 Å². The van der Waals surface area contributed by atoms with Gasteiger partial charge in [-0.15, -0.1) is 10.3 Å². The van der Waals surface area contributed by atoms with Crippen LogP contribution in [0.1, 0.15) is 70.9 Å². The third-order valence-corrected chi connectivity index (χ3v) is 5.91. The first-order valence-corrected chi connectivity index (χ1v) is 10.1. The van der Waals surface area contributed by atoms with Crippen molar-refractivity contribution in [1.29, 1.82) is 0 Å². The summed E-state index contributed by atoms with van der Waals surface area (Å²) in [6.45, 7) is 9.70. The zero-order valence-electron chi connectivity index (χ0n) is 17.5. The Hall–Kier alpha value is -1.78. The zero-order chi connectivity index (χ0) is 20.7. The molecule has 4 heteroatoms. The average molecular weight is 387 g/mol. The monoisotopic (exact) mass is 386 g/mol. The van der Waals surface area contributed by atoms with E-state index in [9.17, 15) is 9.60 Å². The van der Waals surface area contributed by atoms with Crippen LogP contribution in [0.5, 0.6) is 0 Å². The lowest BCUT2D eigenvalue weighted by Gasteiger charge is -2.50. The maximum absolute atomic E-state index is 15.0. The summed E-state index contributed by atoms with van der Waals surface area (Å²) in [5.74, 6) is -0.688. The van der Waals surface area contributed by atoms with Crippen LogP contribution in [0.25, 0.3) is 11.1 Å². The van der Waals surface area contributed by atoms with E-state index in [1.165, 1.54) is 6.07 Å². The molecule has 0 N–H and O–H groups in total. The number of benzene rings is 2. The Kier molecular flexibility index (Phi) is 5.66. The van der Waals surface area contributed by atoms with Gasteiger partial charge in [0.15, 0.2) is 0 Å². The standard InChI is InChI=1S/C24H30F2NO/c1-6-7-16-8-10-19(21(25)12-16)17-9-11-20(22(26)13-17)18-14-23(2,3)27(28)24(4,5)15-18/h8-13,18H,6-7,14-15H2,1-5H3. The SMILES string of the molecule is CCCc1ccc(-c2ccc(C3CC(C)(C)N([O])C(C)(C)C3)c(F)c2)c(F)c1. The van der Waals surface area contributed by atoms with Crippen LogP contribution in [-0.2, 0) is 11.6 Å². The lowest BCUT2D eigenvalue weighted by molar-refractivity contribution is -0.289. The van der Waals surface area contributed by atoms with Crippen LogP contribution in [0.4, 0.5) is 8.78 Å². The molecule has 0 amide bonds. The normalized spacial score (nSPS) is 19.7. The van der Waals surface area contributed by atoms with E-state index in [-0.39, 0.29) is 17.6 Å². The second-order valence-electron chi connectivity index (χ2n) is 9.32. The molecule has 1 aliphatic heterocycles. The summed E-state index contributed by atoms with van der Waals surface area (Å²) < 4.78 is 29.6. The molecule has 0 aromatic heterocycles. The molecule has 1 saturated heterocycles. The largest absolute Gasteiger partial charge is 0.207 e. The van der Waals surface area contributed by atoms with Crippen LogP contribution in [0.15, 0.2) is 36.4 Å². The van der Waals surface area contributed by atoms with Gasteiger partial charge in [-0.3, -0.25) is 0 Å². The zero-order valence-corrected chi connectivity index (χ0v) is 17.5. The van der Waals surface area contributed by atoms with Crippen molar-refractivity contribution < 1.29 is 14.0 Å². The molecule has 28 heavy (non-hydrogen) atoms. The highest BCUT2D eigenvalue weighted by atomic mass is 19.1. The van der Waals surface area contributed by atoms with Crippen LogP contribution in [0.2, 0.25) is 0 Å². The summed E-state index contributed by atoms with van der Waals surface area (Å²) in [6, 6.07) is 10.2. The quantitative estimate of drug-likeness (QED) is 0.576. The van der Waals surface area contributed by atoms with Crippen LogP contribution in [0, 0.1) is 11.6 Å². The van der Waals surface area contributed by atoms with E-state index in [1.807, 2.05) is 33.8 Å². The van der Waals surface area contributed by atoms with Gasteiger partial charge in [0, 0.05) is 16.6 Å². The van der Waals surface area contributed by atoms with Gasteiger partial charge in [0.25, 0.3) is 0 Å². The Morgan fingerprint density at radius 3 is 2.14 bits per heavy atom. The molecule has 0 saturated carbocycles. The molecule has 1 radical (unpaired) electrons. The van der Waals surface area contributed by atoms with Crippen molar-refractivity contribution >= 4 is 0 Å². The van der Waals surface area contributed by atoms with Gasteiger partial charge in [0.05, 0.1) is 0 Å². The van der Waals surface area contributed by atoms with E-state index in [0.717, 1.165) is 23.5 Å². The summed E-state index contributed by atoms with van der Waals surface area (Å²) in [6.07, 6.45) is 2.97. The molecule has 1 fully saturated rings. The van der Waals surface area contributed by atoms with E-state index in [1.54, 1.807) is 24.3 Å². The molecule has 0 bridgehead atoms. The maximum atomic E-state index is 15.0. The molecule has 0 aliphatic carbocycles. The fraction of sp³-hybridized carbons (Fsp3) is 0.500. The molecule has 0 spiro atoms. The molecule has 0 atom stereocenters. The topological polar surface area (TPSA) is 23.1 Å². The van der Waals surface area contributed by atoms with Gasteiger partial charge in [-0.1, -0.05) is 37.6 Å². The van der Waals surface area contributed by atoms with Gasteiger partial charge in [0.2, 0.25) is 0 Å². The highest BCUT2D eigenvalue weighted by Crippen LogP contribution is 2.45. The Bertz CT molecular complexity index is 842. The van der Waals surface area contributed by atoms with E-state index in [4.69, 9.17) is 0 Å². The van der Waals surface area contributed by atoms with E-state index in [2.05, 4.69) is 6.92 Å². The molecule has 0 unspecified atom stereocenters. The van der Waals surface area contributed by atoms with Gasteiger partial charge in [-0.25, -0.2) is 8.78 Å². The van der Waals surface area contributed by atoms with Gasteiger partial charge in [-0.2, -0.15) is 0 Å². The highest BCUT2D eigenvalue weighted by molar-refractivity contribution is 5.65. The van der Waals surface area contributed by atoms with Crippen LogP contribution in [-0.4, -0.2) is 16.1 Å². The lowest BCUT2D eigenvalue weighted by Crippen LogP contribution is -2.57. The third kappa shape index (κ3) is 3.99. The number of hydrogen-bond donors (Lipinski definition) is 0. The van der Waals surface area contributed by atoms with E-state index >= 15 is 4.39 Å². The van der Waals surface area contributed by atoms with Crippen molar-refractivity contribution in [2.24, 2.45) is 0 Å². The first-order chi connectivity index (χ1) is 13.0. The maximum Gasteiger partial charge on any atom is 0.131 e. The fourth-order valence-electron chi connectivity index (χ4n) is 4.75. The minimum atomic E-state index is -0.557. The minimum Gasteiger partial charge on any atom is -0.207 e. The molecular weight excluding hydrogens is 356 g/mol. The number of aryl methyl sites for hydroxylation is 1. The van der Waals surface area contributed by atoms with Crippen molar-refractivity contribution in [2.45, 2.75) is 77.3 Å². The average Bonchev–Trinajstić information content (AvgIpc) is 2.59. The minimum absolute atomic E-state index is 0.0407. The first kappa shape index (κ1) is 20.9. The van der Waals surface area contributed by atoms with Crippen molar-refractivity contribution in [2.75, 3.05) is 0 Å². The second kappa shape index (κ2) is 7.57. The Balaban J connectivity index is 1.91. The Labute approximate surface area is 167 Å². The Morgan fingerprint density at radius 2 is 1.61 bits per heavy atom. The predicted octanol–water partition coefficient (Wildman–Crippen LogP) is 6.67. The third-order valence-electron chi connectivity index (χ3n) is 5.91. The number of nitrogens with zero attached hydrogens (tertiary/aromatic N) is 1. The van der Waals surface area contributed by atoms with E-state index < -0.39 is 11.1 Å². The van der Waals surface area contributed by atoms with Crippen molar-refractivity contribution in [1.82, 2.24) is 5.06 Å². The van der Waals surface area contributed by atoms with E-state index in [0.29, 0.717) is 29.5 Å². The summed E-state index contributed by atoms with van der Waals surface area (Å²) in [5.41, 5.74) is 1.41. The molecule has 1 aliphatic rings. The summed E-state index contributed by atoms with van der Waals surface area (Å²) >= 11 is 0. The molecular formula is C24H30F2NO. The lowest BCUT2D eigenvalue weighted by atomic mass is 9.72. The number of hydroxylamine groups is 2. The summed E-state index contributed by atoms with van der Waals surface area (Å²) in [4.78, 5) is 0. The fourth-order valence-corrected chi connectivity index (χ4v) is 4.75. The van der Waals surface area contributed by atoms with Crippen LogP contribution in [0.3, 0.4) is 0 Å². The molecule has 2 nitrogen and oxygen atoms in total. The molecule has 2 aromatic rings. The number of hydrogen-bond acceptors (Lipinski definition) is 1. The van der Waals surface area contributed by atoms with Gasteiger partial charge >= 0.3 is 0 Å². The molecule has 3 rings (SSSR count).